The molecule has 3 unspecified atom stereocenters. The Morgan fingerprint density at radius 3 is 1.43 bits per heavy atom. The van der Waals surface area contributed by atoms with Crippen molar-refractivity contribution in [3.63, 3.8) is 0 Å². The van der Waals surface area contributed by atoms with Crippen LogP contribution in [0.2, 0.25) is 0 Å². The molecule has 0 rings (SSSR count). The molecule has 9 heteroatoms. The number of aliphatic hydroxyl groups is 1. The van der Waals surface area contributed by atoms with Crippen molar-refractivity contribution in [2.24, 2.45) is 0 Å². The van der Waals surface area contributed by atoms with Crippen molar-refractivity contribution in [2.75, 3.05) is 40.9 Å². The van der Waals surface area contributed by atoms with Gasteiger partial charge in [0.2, 0.25) is 5.91 Å². The highest BCUT2D eigenvalue weighted by molar-refractivity contribution is 7.45. The maximum absolute atomic E-state index is 12.9. The first-order valence-electron chi connectivity index (χ1n) is 26.2. The molecule has 0 saturated carbocycles. The van der Waals surface area contributed by atoms with E-state index in [-0.39, 0.29) is 12.5 Å². The third-order valence-corrected chi connectivity index (χ3v) is 12.4. The van der Waals surface area contributed by atoms with Gasteiger partial charge in [-0.15, -0.1) is 0 Å². The molecule has 63 heavy (non-hydrogen) atoms. The minimum Gasteiger partial charge on any atom is -0.756 e. The number of likely N-dealkylation sites (N-methyl/N-ethyl adjacent to an activating group) is 1. The Morgan fingerprint density at radius 1 is 0.556 bits per heavy atom. The first-order chi connectivity index (χ1) is 30.5. The molecule has 2 N–H and O–H groups in total. The normalized spacial score (nSPS) is 14.6. The maximum Gasteiger partial charge on any atom is 0.268 e. The molecule has 0 radical (unpaired) electrons. The molecule has 0 aliphatic carbocycles. The average Bonchev–Trinajstić information content (AvgIpc) is 3.24. The van der Waals surface area contributed by atoms with Crippen LogP contribution >= 0.6 is 7.82 Å². The summed E-state index contributed by atoms with van der Waals surface area (Å²) in [6.07, 6.45) is 60.1. The van der Waals surface area contributed by atoms with Crippen LogP contribution in [0.4, 0.5) is 0 Å². The summed E-state index contributed by atoms with van der Waals surface area (Å²) in [5, 5.41) is 13.8. The number of allylic oxidation sites excluding steroid dienone is 9. The van der Waals surface area contributed by atoms with Gasteiger partial charge in [-0.05, 0) is 70.6 Å². The second-order valence-electron chi connectivity index (χ2n) is 18.9. The summed E-state index contributed by atoms with van der Waals surface area (Å²) in [5.41, 5.74) is 0. The number of unbranched alkanes of at least 4 members (excludes halogenated alkanes) is 26. The molecule has 0 fully saturated rings. The van der Waals surface area contributed by atoms with E-state index in [1.165, 1.54) is 148 Å². The van der Waals surface area contributed by atoms with E-state index in [0.29, 0.717) is 17.4 Å². The minimum absolute atomic E-state index is 0.0101. The van der Waals surface area contributed by atoms with Gasteiger partial charge < -0.3 is 28.8 Å². The van der Waals surface area contributed by atoms with Gasteiger partial charge in [-0.3, -0.25) is 9.36 Å². The number of quaternary nitrogens is 1. The summed E-state index contributed by atoms with van der Waals surface area (Å²) >= 11 is 0. The zero-order valence-electron chi connectivity index (χ0n) is 41.8. The molecular formula is C54H101N2O6P. The van der Waals surface area contributed by atoms with Crippen LogP contribution in [0.25, 0.3) is 0 Å². The Bertz CT molecular complexity index is 1210. The standard InChI is InChI=1S/C54H101N2O6P/c1-6-8-10-12-14-16-18-20-21-22-23-24-25-26-27-28-29-30-31-32-33-34-35-36-38-40-42-44-46-48-54(58)55-52(51-62-63(59,60)61-50-49-56(3,4)5)53(57)47-45-43-41-39-37-19-17-15-13-11-9-7-2/h13,15,18,20,22-23,37,39,45,47,52-53,57H,6-12,14,16-17,19,21,24-36,38,40-44,46,48-51H2,1-5H3,(H-,55,58,59,60)/b15-13+,20-18-,23-22-,39-37+,47-45+. The van der Waals surface area contributed by atoms with Crippen LogP contribution in [0.15, 0.2) is 60.8 Å². The molecule has 368 valence electrons. The van der Waals surface area contributed by atoms with E-state index in [1.807, 2.05) is 27.2 Å². The Hall–Kier alpha value is -1.80. The van der Waals surface area contributed by atoms with Crippen LogP contribution in [-0.2, 0) is 18.4 Å². The largest absolute Gasteiger partial charge is 0.756 e. The lowest BCUT2D eigenvalue weighted by Crippen LogP contribution is -2.45. The van der Waals surface area contributed by atoms with E-state index in [0.717, 1.165) is 57.8 Å². The van der Waals surface area contributed by atoms with Gasteiger partial charge in [0.1, 0.15) is 13.2 Å². The van der Waals surface area contributed by atoms with Gasteiger partial charge in [0.05, 0.1) is 39.9 Å². The lowest BCUT2D eigenvalue weighted by molar-refractivity contribution is -0.870. The summed E-state index contributed by atoms with van der Waals surface area (Å²) in [7, 11) is 1.23. The molecule has 0 aliphatic rings. The molecule has 0 aliphatic heterocycles. The zero-order chi connectivity index (χ0) is 46.4. The summed E-state index contributed by atoms with van der Waals surface area (Å²) in [5.74, 6) is -0.213. The number of hydrogen-bond acceptors (Lipinski definition) is 6. The number of amides is 1. The summed E-state index contributed by atoms with van der Waals surface area (Å²) < 4.78 is 23.2. The van der Waals surface area contributed by atoms with Crippen molar-refractivity contribution in [2.45, 2.75) is 238 Å². The van der Waals surface area contributed by atoms with Gasteiger partial charge in [0, 0.05) is 6.42 Å². The lowest BCUT2D eigenvalue weighted by Gasteiger charge is -2.29. The SMILES string of the molecule is CCCC/C=C/CC/C=C/CC/C=C/C(O)C(COP(=O)([O-])OCC[N+](C)(C)C)NC(=O)CCCCCCCCCCCCCCCCCCC/C=C\C/C=C\CCCCCCC. The van der Waals surface area contributed by atoms with Crippen molar-refractivity contribution in [3.05, 3.63) is 60.8 Å². The second kappa shape index (κ2) is 45.4. The van der Waals surface area contributed by atoms with E-state index < -0.39 is 26.6 Å². The maximum atomic E-state index is 12.9. The monoisotopic (exact) mass is 905 g/mol. The number of nitrogens with zero attached hydrogens (tertiary/aromatic N) is 1. The highest BCUT2D eigenvalue weighted by Gasteiger charge is 2.23. The number of rotatable bonds is 47. The fraction of sp³-hybridized carbons (Fsp3) is 0.796. The summed E-state index contributed by atoms with van der Waals surface area (Å²) in [6.45, 7) is 4.56. The molecule has 0 heterocycles. The Balaban J connectivity index is 4.12. The molecular weight excluding hydrogens is 804 g/mol. The molecule has 3 atom stereocenters. The molecule has 0 spiro atoms. The minimum atomic E-state index is -4.60. The topological polar surface area (TPSA) is 108 Å². The summed E-state index contributed by atoms with van der Waals surface area (Å²) in [6, 6.07) is -0.909. The van der Waals surface area contributed by atoms with Gasteiger partial charge in [-0.25, -0.2) is 0 Å². The Kier molecular flexibility index (Phi) is 44.1. The summed E-state index contributed by atoms with van der Waals surface area (Å²) in [4.78, 5) is 25.4. The smallest absolute Gasteiger partial charge is 0.268 e. The number of nitrogens with one attached hydrogen (secondary N) is 1. The van der Waals surface area contributed by atoms with Crippen molar-refractivity contribution >= 4 is 13.7 Å². The Morgan fingerprint density at radius 2 is 0.952 bits per heavy atom. The van der Waals surface area contributed by atoms with E-state index in [4.69, 9.17) is 9.05 Å². The van der Waals surface area contributed by atoms with Crippen LogP contribution in [0.1, 0.15) is 226 Å². The predicted octanol–water partition coefficient (Wildman–Crippen LogP) is 14.7. The van der Waals surface area contributed by atoms with E-state index in [1.54, 1.807) is 6.08 Å². The molecule has 0 saturated heterocycles. The first kappa shape index (κ1) is 61.2. The van der Waals surface area contributed by atoms with Crippen molar-refractivity contribution in [3.8, 4) is 0 Å². The van der Waals surface area contributed by atoms with E-state index in [9.17, 15) is 19.4 Å². The third kappa shape index (κ3) is 48.0. The van der Waals surface area contributed by atoms with Crippen molar-refractivity contribution in [1.82, 2.24) is 5.32 Å². The van der Waals surface area contributed by atoms with Crippen LogP contribution in [0, 0.1) is 0 Å². The van der Waals surface area contributed by atoms with Crippen molar-refractivity contribution < 1.29 is 32.9 Å². The van der Waals surface area contributed by atoms with Crippen LogP contribution in [0.3, 0.4) is 0 Å². The average molecular weight is 905 g/mol. The van der Waals surface area contributed by atoms with E-state index >= 15 is 0 Å². The highest BCUT2D eigenvalue weighted by Crippen LogP contribution is 2.38. The number of hydrogen-bond donors (Lipinski definition) is 2. The fourth-order valence-electron chi connectivity index (χ4n) is 7.26. The number of phosphoric acid groups is 1. The number of phosphoric ester groups is 1. The number of aliphatic hydroxyl groups excluding tert-OH is 1. The van der Waals surface area contributed by atoms with Gasteiger partial charge in [-0.1, -0.05) is 209 Å². The van der Waals surface area contributed by atoms with Crippen LogP contribution in [-0.4, -0.2) is 68.5 Å². The molecule has 1 amide bonds. The van der Waals surface area contributed by atoms with Crippen LogP contribution in [0.5, 0.6) is 0 Å². The van der Waals surface area contributed by atoms with Gasteiger partial charge in [-0.2, -0.15) is 0 Å². The lowest BCUT2D eigenvalue weighted by atomic mass is 10.0. The number of carbonyl (C=O) groups is 1. The van der Waals surface area contributed by atoms with Gasteiger partial charge in [0.15, 0.2) is 0 Å². The van der Waals surface area contributed by atoms with E-state index in [2.05, 4.69) is 67.8 Å². The quantitative estimate of drug-likeness (QED) is 0.0273. The highest BCUT2D eigenvalue weighted by atomic mass is 31.2. The fourth-order valence-corrected chi connectivity index (χ4v) is 7.98. The molecule has 0 aromatic carbocycles. The third-order valence-electron chi connectivity index (χ3n) is 11.4. The van der Waals surface area contributed by atoms with Gasteiger partial charge >= 0.3 is 0 Å². The molecule has 8 nitrogen and oxygen atoms in total. The second-order valence-corrected chi connectivity index (χ2v) is 20.3. The Labute approximate surface area is 390 Å². The first-order valence-corrected chi connectivity index (χ1v) is 27.6. The zero-order valence-corrected chi connectivity index (χ0v) is 42.7. The van der Waals surface area contributed by atoms with Crippen LogP contribution < -0.4 is 10.2 Å². The van der Waals surface area contributed by atoms with Gasteiger partial charge in [0.25, 0.3) is 7.82 Å². The molecule has 0 bridgehead atoms. The number of carbonyl (C=O) groups excluding carboxylic acids is 1. The molecule has 0 aromatic rings. The molecule has 0 aromatic heterocycles. The predicted molar refractivity (Wildman–Crippen MR) is 270 cm³/mol. The van der Waals surface area contributed by atoms with Crippen molar-refractivity contribution in [1.29, 1.82) is 0 Å².